The number of benzene rings is 1. The van der Waals surface area contributed by atoms with Gasteiger partial charge in [0, 0.05) is 12.5 Å². The Bertz CT molecular complexity index is 407. The standard InChI is InChI=1S/C12H15NO4/c1-16-11-5-3-2-4-10(11)13-6-9(7-14)8-17-12(13)15/h2-5,9,14H,6-8H2,1H3. The van der Waals surface area contributed by atoms with Crippen molar-refractivity contribution in [3.8, 4) is 5.75 Å². The molecule has 92 valence electrons. The summed E-state index contributed by atoms with van der Waals surface area (Å²) in [5.74, 6) is 0.556. The Morgan fingerprint density at radius 1 is 1.53 bits per heavy atom. The van der Waals surface area contributed by atoms with Crippen molar-refractivity contribution in [1.29, 1.82) is 0 Å². The first-order valence-electron chi connectivity index (χ1n) is 5.44. The van der Waals surface area contributed by atoms with Crippen LogP contribution in [0, 0.1) is 5.92 Å². The van der Waals surface area contributed by atoms with E-state index < -0.39 is 6.09 Å². The lowest BCUT2D eigenvalue weighted by Crippen LogP contribution is -2.44. The topological polar surface area (TPSA) is 59.0 Å². The van der Waals surface area contributed by atoms with Crippen molar-refractivity contribution in [1.82, 2.24) is 0 Å². The highest BCUT2D eigenvalue weighted by atomic mass is 16.6. The number of anilines is 1. The minimum absolute atomic E-state index is 0.00106. The molecule has 1 N–H and O–H groups in total. The van der Waals surface area contributed by atoms with Gasteiger partial charge in [0.05, 0.1) is 26.0 Å². The van der Waals surface area contributed by atoms with Gasteiger partial charge in [0.25, 0.3) is 0 Å². The molecule has 1 aliphatic rings. The van der Waals surface area contributed by atoms with Gasteiger partial charge in [0.15, 0.2) is 0 Å². The van der Waals surface area contributed by atoms with E-state index in [1.165, 1.54) is 4.90 Å². The number of para-hydroxylation sites is 2. The lowest BCUT2D eigenvalue weighted by Gasteiger charge is -2.31. The molecule has 1 unspecified atom stereocenters. The van der Waals surface area contributed by atoms with E-state index >= 15 is 0 Å². The van der Waals surface area contributed by atoms with Crippen LogP contribution in [0.1, 0.15) is 0 Å². The summed E-state index contributed by atoms with van der Waals surface area (Å²) in [5, 5.41) is 9.12. The van der Waals surface area contributed by atoms with Crippen molar-refractivity contribution in [3.63, 3.8) is 0 Å². The van der Waals surface area contributed by atoms with E-state index in [9.17, 15) is 4.79 Å². The second kappa shape index (κ2) is 5.05. The Labute approximate surface area is 99.6 Å². The summed E-state index contributed by atoms with van der Waals surface area (Å²) >= 11 is 0. The van der Waals surface area contributed by atoms with Crippen LogP contribution in [0.4, 0.5) is 10.5 Å². The van der Waals surface area contributed by atoms with Crippen LogP contribution in [-0.2, 0) is 4.74 Å². The van der Waals surface area contributed by atoms with Gasteiger partial charge in [0.1, 0.15) is 5.75 Å². The zero-order valence-electron chi connectivity index (χ0n) is 9.63. The number of carbonyl (C=O) groups is 1. The largest absolute Gasteiger partial charge is 0.495 e. The molecule has 0 saturated carbocycles. The number of hydrogen-bond donors (Lipinski definition) is 1. The number of hydrogen-bond acceptors (Lipinski definition) is 4. The predicted octanol–water partition coefficient (Wildman–Crippen LogP) is 1.26. The molecule has 0 aliphatic carbocycles. The normalized spacial score (nSPS) is 20.0. The number of aliphatic hydroxyl groups is 1. The highest BCUT2D eigenvalue weighted by molar-refractivity contribution is 5.90. The van der Waals surface area contributed by atoms with Crippen LogP contribution in [0.2, 0.25) is 0 Å². The third-order valence-electron chi connectivity index (χ3n) is 2.74. The Balaban J connectivity index is 2.27. The molecule has 1 aromatic carbocycles. The molecule has 1 aliphatic heterocycles. The van der Waals surface area contributed by atoms with Crippen LogP contribution in [0.3, 0.4) is 0 Å². The number of aliphatic hydroxyl groups excluding tert-OH is 1. The first-order chi connectivity index (χ1) is 8.26. The van der Waals surface area contributed by atoms with E-state index in [0.29, 0.717) is 18.0 Å². The number of nitrogens with zero attached hydrogens (tertiary/aromatic N) is 1. The van der Waals surface area contributed by atoms with Crippen LogP contribution in [0.25, 0.3) is 0 Å². The molecular formula is C12H15NO4. The molecule has 1 aromatic rings. The van der Waals surface area contributed by atoms with Crippen LogP contribution < -0.4 is 9.64 Å². The molecule has 0 spiro atoms. The van der Waals surface area contributed by atoms with Gasteiger partial charge in [-0.05, 0) is 12.1 Å². The molecule has 17 heavy (non-hydrogen) atoms. The van der Waals surface area contributed by atoms with Gasteiger partial charge in [-0.2, -0.15) is 0 Å². The number of carbonyl (C=O) groups excluding carboxylic acids is 1. The predicted molar refractivity (Wildman–Crippen MR) is 62.3 cm³/mol. The number of ether oxygens (including phenoxy) is 2. The molecule has 1 amide bonds. The second-order valence-electron chi connectivity index (χ2n) is 3.91. The fraction of sp³-hybridized carbons (Fsp3) is 0.417. The van der Waals surface area contributed by atoms with Crippen LogP contribution in [0.5, 0.6) is 5.75 Å². The summed E-state index contributed by atoms with van der Waals surface area (Å²) < 4.78 is 10.2. The van der Waals surface area contributed by atoms with Gasteiger partial charge < -0.3 is 14.6 Å². The summed E-state index contributed by atoms with van der Waals surface area (Å²) in [7, 11) is 1.55. The molecule has 2 rings (SSSR count). The van der Waals surface area contributed by atoms with Gasteiger partial charge in [-0.3, -0.25) is 4.90 Å². The lowest BCUT2D eigenvalue weighted by molar-refractivity contribution is 0.0898. The smallest absolute Gasteiger partial charge is 0.414 e. The Hall–Kier alpha value is -1.75. The van der Waals surface area contributed by atoms with Crippen molar-refractivity contribution in [2.75, 3.05) is 31.8 Å². The molecule has 5 nitrogen and oxygen atoms in total. The molecule has 1 fully saturated rings. The Morgan fingerprint density at radius 2 is 2.29 bits per heavy atom. The van der Waals surface area contributed by atoms with Crippen molar-refractivity contribution >= 4 is 11.8 Å². The van der Waals surface area contributed by atoms with E-state index in [-0.39, 0.29) is 19.1 Å². The molecule has 0 aromatic heterocycles. The van der Waals surface area contributed by atoms with E-state index in [2.05, 4.69) is 0 Å². The van der Waals surface area contributed by atoms with Crippen LogP contribution >= 0.6 is 0 Å². The SMILES string of the molecule is COc1ccccc1N1CC(CO)COC1=O. The van der Waals surface area contributed by atoms with Gasteiger partial charge in [-0.1, -0.05) is 12.1 Å². The maximum Gasteiger partial charge on any atom is 0.414 e. The van der Waals surface area contributed by atoms with Gasteiger partial charge in [-0.25, -0.2) is 4.79 Å². The fourth-order valence-corrected chi connectivity index (χ4v) is 1.81. The van der Waals surface area contributed by atoms with Gasteiger partial charge >= 0.3 is 6.09 Å². The number of methoxy groups -OCH3 is 1. The first-order valence-corrected chi connectivity index (χ1v) is 5.44. The highest BCUT2D eigenvalue weighted by Crippen LogP contribution is 2.30. The summed E-state index contributed by atoms with van der Waals surface area (Å²) in [6, 6.07) is 7.24. The third kappa shape index (κ3) is 2.34. The molecule has 5 heteroatoms. The van der Waals surface area contributed by atoms with Crippen molar-refractivity contribution in [3.05, 3.63) is 24.3 Å². The molecule has 1 saturated heterocycles. The Kier molecular flexibility index (Phi) is 3.49. The minimum atomic E-state index is -0.404. The number of cyclic esters (lactones) is 1. The quantitative estimate of drug-likeness (QED) is 0.859. The number of rotatable bonds is 3. The zero-order chi connectivity index (χ0) is 12.3. The van der Waals surface area contributed by atoms with Crippen LogP contribution in [-0.4, -0.2) is 38.1 Å². The summed E-state index contributed by atoms with van der Waals surface area (Å²) in [6.45, 7) is 0.704. The van der Waals surface area contributed by atoms with Crippen molar-refractivity contribution in [2.24, 2.45) is 5.92 Å². The maximum absolute atomic E-state index is 11.7. The van der Waals surface area contributed by atoms with Gasteiger partial charge in [-0.15, -0.1) is 0 Å². The van der Waals surface area contributed by atoms with E-state index in [4.69, 9.17) is 14.6 Å². The van der Waals surface area contributed by atoms with Crippen LogP contribution in [0.15, 0.2) is 24.3 Å². The summed E-state index contributed by atoms with van der Waals surface area (Å²) in [4.78, 5) is 13.2. The molecular weight excluding hydrogens is 222 g/mol. The lowest BCUT2D eigenvalue weighted by atomic mass is 10.1. The minimum Gasteiger partial charge on any atom is -0.495 e. The summed E-state index contributed by atoms with van der Waals surface area (Å²) in [5.41, 5.74) is 0.665. The molecule has 0 bridgehead atoms. The third-order valence-corrected chi connectivity index (χ3v) is 2.74. The average Bonchev–Trinajstić information content (AvgIpc) is 2.39. The zero-order valence-corrected chi connectivity index (χ0v) is 9.63. The first kappa shape index (κ1) is 11.7. The highest BCUT2D eigenvalue weighted by Gasteiger charge is 2.29. The monoisotopic (exact) mass is 237 g/mol. The van der Waals surface area contributed by atoms with E-state index in [1.807, 2.05) is 12.1 Å². The molecule has 0 radical (unpaired) electrons. The molecule has 1 heterocycles. The van der Waals surface area contributed by atoms with Crippen molar-refractivity contribution in [2.45, 2.75) is 0 Å². The second-order valence-corrected chi connectivity index (χ2v) is 3.91. The maximum atomic E-state index is 11.7. The Morgan fingerprint density at radius 3 is 3.00 bits per heavy atom. The van der Waals surface area contributed by atoms with Crippen molar-refractivity contribution < 1.29 is 19.4 Å². The fourth-order valence-electron chi connectivity index (χ4n) is 1.81. The number of amides is 1. The van der Waals surface area contributed by atoms with Gasteiger partial charge in [0.2, 0.25) is 0 Å². The average molecular weight is 237 g/mol. The summed E-state index contributed by atoms with van der Waals surface area (Å²) in [6.07, 6.45) is -0.404. The van der Waals surface area contributed by atoms with E-state index in [0.717, 1.165) is 0 Å². The molecule has 1 atom stereocenters. The van der Waals surface area contributed by atoms with E-state index in [1.54, 1.807) is 19.2 Å².